The lowest BCUT2D eigenvalue weighted by Gasteiger charge is -2.35. The van der Waals surface area contributed by atoms with Gasteiger partial charge >= 0.3 is 0 Å². The van der Waals surface area contributed by atoms with Crippen LogP contribution in [0.1, 0.15) is 5.56 Å². The molecule has 130 valence electrons. The fourth-order valence-corrected chi connectivity index (χ4v) is 3.18. The summed E-state index contributed by atoms with van der Waals surface area (Å²) in [5, 5.41) is 13.4. The topological polar surface area (TPSA) is 61.0 Å². The zero-order valence-corrected chi connectivity index (χ0v) is 14.5. The van der Waals surface area contributed by atoms with Crippen molar-refractivity contribution in [2.24, 2.45) is 0 Å². The number of nitrogens with zero attached hydrogens (tertiary/aromatic N) is 6. The Bertz CT molecular complexity index is 886. The monoisotopic (exact) mass is 344 g/mol. The SMILES string of the molecule is N#Cc1ccc(N2CCN(Cn3cc(-c4ccccc4)cn3)CC2)nc1. The first-order chi connectivity index (χ1) is 12.8. The van der Waals surface area contributed by atoms with Crippen LogP contribution in [0.15, 0.2) is 61.1 Å². The van der Waals surface area contributed by atoms with E-state index in [1.807, 2.05) is 41.2 Å². The molecule has 1 aromatic carbocycles. The van der Waals surface area contributed by atoms with Gasteiger partial charge in [-0.1, -0.05) is 30.3 Å². The zero-order valence-electron chi connectivity index (χ0n) is 14.5. The highest BCUT2D eigenvalue weighted by atomic mass is 15.4. The highest BCUT2D eigenvalue weighted by Gasteiger charge is 2.18. The molecular formula is C20H20N6. The van der Waals surface area contributed by atoms with Crippen molar-refractivity contribution >= 4 is 5.82 Å². The minimum absolute atomic E-state index is 0.597. The molecule has 26 heavy (non-hydrogen) atoms. The van der Waals surface area contributed by atoms with Crippen molar-refractivity contribution in [2.45, 2.75) is 6.67 Å². The number of pyridine rings is 1. The second-order valence-electron chi connectivity index (χ2n) is 6.40. The molecule has 0 spiro atoms. The maximum atomic E-state index is 8.87. The molecule has 1 saturated heterocycles. The van der Waals surface area contributed by atoms with Gasteiger partial charge in [-0.3, -0.25) is 9.58 Å². The van der Waals surface area contributed by atoms with Gasteiger partial charge in [0.1, 0.15) is 11.9 Å². The van der Waals surface area contributed by atoms with Gasteiger partial charge < -0.3 is 4.90 Å². The number of piperazine rings is 1. The molecule has 3 heterocycles. The number of benzene rings is 1. The van der Waals surface area contributed by atoms with E-state index in [1.165, 1.54) is 5.56 Å². The maximum Gasteiger partial charge on any atom is 0.128 e. The maximum absolute atomic E-state index is 8.87. The van der Waals surface area contributed by atoms with Crippen molar-refractivity contribution in [3.8, 4) is 17.2 Å². The summed E-state index contributed by atoms with van der Waals surface area (Å²) in [6.07, 6.45) is 5.66. The predicted molar refractivity (Wildman–Crippen MR) is 100 cm³/mol. The van der Waals surface area contributed by atoms with Crippen molar-refractivity contribution in [2.75, 3.05) is 31.1 Å². The summed E-state index contributed by atoms with van der Waals surface area (Å²) in [6.45, 7) is 4.56. The molecule has 1 fully saturated rings. The summed E-state index contributed by atoms with van der Waals surface area (Å²) >= 11 is 0. The number of anilines is 1. The van der Waals surface area contributed by atoms with Crippen LogP contribution in [0.4, 0.5) is 5.82 Å². The number of nitriles is 1. The fourth-order valence-electron chi connectivity index (χ4n) is 3.18. The van der Waals surface area contributed by atoms with Gasteiger partial charge in [0.25, 0.3) is 0 Å². The molecule has 2 aromatic heterocycles. The molecule has 0 atom stereocenters. The Labute approximate surface area is 152 Å². The number of rotatable bonds is 4. The second kappa shape index (κ2) is 7.38. The summed E-state index contributed by atoms with van der Waals surface area (Å²) in [6, 6.07) is 16.2. The van der Waals surface area contributed by atoms with Crippen LogP contribution in [-0.2, 0) is 6.67 Å². The van der Waals surface area contributed by atoms with Gasteiger partial charge in [-0.15, -0.1) is 0 Å². The summed E-state index contributed by atoms with van der Waals surface area (Å²) in [7, 11) is 0. The van der Waals surface area contributed by atoms with Gasteiger partial charge in [0.15, 0.2) is 0 Å². The van der Waals surface area contributed by atoms with Crippen LogP contribution >= 0.6 is 0 Å². The Morgan fingerprint density at radius 1 is 0.923 bits per heavy atom. The molecule has 3 aromatic rings. The molecule has 1 aliphatic rings. The van der Waals surface area contributed by atoms with Crippen LogP contribution in [0.5, 0.6) is 0 Å². The largest absolute Gasteiger partial charge is 0.354 e. The lowest BCUT2D eigenvalue weighted by Crippen LogP contribution is -2.47. The third-order valence-electron chi connectivity index (χ3n) is 4.66. The third-order valence-corrected chi connectivity index (χ3v) is 4.66. The van der Waals surface area contributed by atoms with Gasteiger partial charge in [-0.25, -0.2) is 4.98 Å². The van der Waals surface area contributed by atoms with Crippen LogP contribution in [0.2, 0.25) is 0 Å². The number of hydrogen-bond donors (Lipinski definition) is 0. The van der Waals surface area contributed by atoms with E-state index in [0.717, 1.165) is 44.2 Å². The van der Waals surface area contributed by atoms with Crippen LogP contribution in [-0.4, -0.2) is 45.8 Å². The van der Waals surface area contributed by atoms with Crippen LogP contribution < -0.4 is 4.90 Å². The molecule has 6 heteroatoms. The first-order valence-electron chi connectivity index (χ1n) is 8.73. The minimum Gasteiger partial charge on any atom is -0.354 e. The molecular weight excluding hydrogens is 324 g/mol. The van der Waals surface area contributed by atoms with Crippen LogP contribution in [0.25, 0.3) is 11.1 Å². The molecule has 6 nitrogen and oxygen atoms in total. The van der Waals surface area contributed by atoms with Crippen molar-refractivity contribution in [1.29, 1.82) is 5.26 Å². The van der Waals surface area contributed by atoms with Crippen LogP contribution in [0, 0.1) is 11.3 Å². The minimum atomic E-state index is 0.597. The average molecular weight is 344 g/mol. The normalized spacial score (nSPS) is 15.0. The summed E-state index contributed by atoms with van der Waals surface area (Å²) in [5.41, 5.74) is 2.93. The van der Waals surface area contributed by atoms with Crippen molar-refractivity contribution in [3.05, 3.63) is 66.6 Å². The highest BCUT2D eigenvalue weighted by molar-refractivity contribution is 5.61. The summed E-state index contributed by atoms with van der Waals surface area (Å²) in [5.74, 6) is 0.939. The van der Waals surface area contributed by atoms with E-state index in [2.05, 4.69) is 44.3 Å². The average Bonchev–Trinajstić information content (AvgIpc) is 3.18. The van der Waals surface area contributed by atoms with E-state index in [-0.39, 0.29) is 0 Å². The van der Waals surface area contributed by atoms with Gasteiger partial charge in [-0.05, 0) is 17.7 Å². The predicted octanol–water partition coefficient (Wildman–Crippen LogP) is 2.60. The second-order valence-corrected chi connectivity index (χ2v) is 6.40. The van der Waals surface area contributed by atoms with Gasteiger partial charge in [0, 0.05) is 44.1 Å². The van der Waals surface area contributed by atoms with E-state index in [4.69, 9.17) is 5.26 Å². The quantitative estimate of drug-likeness (QED) is 0.728. The molecule has 0 aliphatic carbocycles. The molecule has 0 bridgehead atoms. The molecule has 0 radical (unpaired) electrons. The number of hydrogen-bond acceptors (Lipinski definition) is 5. The van der Waals surface area contributed by atoms with Gasteiger partial charge in [0.2, 0.25) is 0 Å². The smallest absolute Gasteiger partial charge is 0.128 e. The lowest BCUT2D eigenvalue weighted by atomic mass is 10.1. The molecule has 0 amide bonds. The Kier molecular flexibility index (Phi) is 4.63. The van der Waals surface area contributed by atoms with E-state index in [9.17, 15) is 0 Å². The third kappa shape index (κ3) is 3.58. The van der Waals surface area contributed by atoms with Crippen molar-refractivity contribution < 1.29 is 0 Å². The Morgan fingerprint density at radius 2 is 1.73 bits per heavy atom. The number of aromatic nitrogens is 3. The fraction of sp³-hybridized carbons (Fsp3) is 0.250. The Balaban J connectivity index is 1.34. The molecule has 0 saturated carbocycles. The first kappa shape index (κ1) is 16.3. The van der Waals surface area contributed by atoms with E-state index < -0.39 is 0 Å². The van der Waals surface area contributed by atoms with E-state index in [1.54, 1.807) is 6.20 Å². The lowest BCUT2D eigenvalue weighted by molar-refractivity contribution is 0.195. The standard InChI is InChI=1S/C20H20N6/c21-12-17-6-7-20(22-13-17)25-10-8-24(9-11-25)16-26-15-19(14-23-26)18-4-2-1-3-5-18/h1-7,13-15H,8-11,16H2. The Hall–Kier alpha value is -3.17. The molecule has 0 unspecified atom stereocenters. The van der Waals surface area contributed by atoms with Crippen molar-refractivity contribution in [1.82, 2.24) is 19.7 Å². The van der Waals surface area contributed by atoms with E-state index >= 15 is 0 Å². The zero-order chi connectivity index (χ0) is 17.8. The summed E-state index contributed by atoms with van der Waals surface area (Å²) in [4.78, 5) is 9.04. The highest BCUT2D eigenvalue weighted by Crippen LogP contribution is 2.18. The molecule has 4 rings (SSSR count). The molecule has 1 aliphatic heterocycles. The molecule has 0 N–H and O–H groups in total. The summed E-state index contributed by atoms with van der Waals surface area (Å²) < 4.78 is 2.00. The van der Waals surface area contributed by atoms with Gasteiger partial charge in [-0.2, -0.15) is 10.4 Å². The van der Waals surface area contributed by atoms with Crippen LogP contribution in [0.3, 0.4) is 0 Å². The van der Waals surface area contributed by atoms with E-state index in [0.29, 0.717) is 5.56 Å². The van der Waals surface area contributed by atoms with Gasteiger partial charge in [0.05, 0.1) is 18.4 Å². The van der Waals surface area contributed by atoms with Crippen molar-refractivity contribution in [3.63, 3.8) is 0 Å². The Morgan fingerprint density at radius 3 is 2.42 bits per heavy atom. The first-order valence-corrected chi connectivity index (χ1v) is 8.73.